The van der Waals surface area contributed by atoms with Gasteiger partial charge in [0.1, 0.15) is 11.4 Å². The number of sulfonamides is 1. The molecule has 2 aliphatic heterocycles. The van der Waals surface area contributed by atoms with Crippen molar-refractivity contribution in [3.05, 3.63) is 54.4 Å². The first kappa shape index (κ1) is 18.4. The fourth-order valence-corrected chi connectivity index (χ4v) is 6.19. The number of rotatable bonds is 4. The van der Waals surface area contributed by atoms with Crippen molar-refractivity contribution in [2.24, 2.45) is 0 Å². The minimum Gasteiger partial charge on any atom is -0.496 e. The highest BCUT2D eigenvalue weighted by atomic mass is 32.2. The number of fused-ring (bicyclic) bond motifs is 3. The molecule has 1 saturated heterocycles. The minimum absolute atomic E-state index is 0.0445. The second kappa shape index (κ2) is 6.71. The van der Waals surface area contributed by atoms with Crippen LogP contribution in [0.2, 0.25) is 0 Å². The smallest absolute Gasteiger partial charge is 0.212 e. The predicted molar refractivity (Wildman–Crippen MR) is 114 cm³/mol. The molecule has 150 valence electrons. The van der Waals surface area contributed by atoms with E-state index in [0.29, 0.717) is 0 Å². The molecule has 1 aromatic carbocycles. The summed E-state index contributed by atoms with van der Waals surface area (Å²) in [5.74, 6) is 0.821. The van der Waals surface area contributed by atoms with E-state index in [4.69, 9.17) is 4.74 Å². The molecule has 1 N–H and O–H groups in total. The van der Waals surface area contributed by atoms with Crippen LogP contribution in [0.4, 0.5) is 0 Å². The summed E-state index contributed by atoms with van der Waals surface area (Å²) in [6.45, 7) is 0. The zero-order valence-corrected chi connectivity index (χ0v) is 17.2. The maximum absolute atomic E-state index is 12.2. The van der Waals surface area contributed by atoms with Crippen molar-refractivity contribution in [1.82, 2.24) is 14.3 Å². The molecule has 3 aromatic rings. The predicted octanol–water partition coefficient (Wildman–Crippen LogP) is 3.82. The number of nitrogens with zero attached hydrogens (tertiary/aromatic N) is 2. The van der Waals surface area contributed by atoms with E-state index in [0.717, 1.165) is 52.9 Å². The molecule has 0 amide bonds. The number of H-pyrrole nitrogens is 1. The van der Waals surface area contributed by atoms with Gasteiger partial charge in [-0.15, -0.1) is 0 Å². The van der Waals surface area contributed by atoms with Crippen molar-refractivity contribution >= 4 is 26.6 Å². The number of aromatic nitrogens is 2. The first-order valence-corrected chi connectivity index (χ1v) is 11.6. The molecule has 0 saturated carbocycles. The number of pyridine rings is 1. The molecule has 6 nitrogen and oxygen atoms in total. The second-order valence-electron chi connectivity index (χ2n) is 7.79. The lowest BCUT2D eigenvalue weighted by Crippen LogP contribution is -2.42. The number of ether oxygens (including phenoxy) is 1. The highest BCUT2D eigenvalue weighted by Gasteiger charge is 2.42. The Morgan fingerprint density at radius 1 is 1.17 bits per heavy atom. The zero-order chi connectivity index (χ0) is 20.2. The highest BCUT2D eigenvalue weighted by molar-refractivity contribution is 7.88. The lowest BCUT2D eigenvalue weighted by atomic mass is 9.99. The summed E-state index contributed by atoms with van der Waals surface area (Å²) in [5.41, 5.74) is 5.09. The van der Waals surface area contributed by atoms with Crippen molar-refractivity contribution in [2.45, 2.75) is 31.3 Å². The van der Waals surface area contributed by atoms with Crippen LogP contribution in [-0.4, -0.2) is 48.1 Å². The maximum atomic E-state index is 12.2. The number of aromatic amines is 1. The molecule has 0 radical (unpaired) electrons. The fourth-order valence-electron chi connectivity index (χ4n) is 4.81. The first-order valence-electron chi connectivity index (χ1n) is 9.76. The number of hydrogen-bond acceptors (Lipinski definition) is 4. The van der Waals surface area contributed by atoms with Gasteiger partial charge in [-0.25, -0.2) is 13.4 Å². The summed E-state index contributed by atoms with van der Waals surface area (Å²) >= 11 is 0. The Bertz CT molecular complexity index is 1230. The summed E-state index contributed by atoms with van der Waals surface area (Å²) < 4.78 is 31.5. The van der Waals surface area contributed by atoms with Gasteiger partial charge in [-0.1, -0.05) is 24.3 Å². The number of hydrogen-bond donors (Lipinski definition) is 1. The number of methoxy groups -OCH3 is 1. The second-order valence-corrected chi connectivity index (χ2v) is 9.68. The highest BCUT2D eigenvalue weighted by Crippen LogP contribution is 2.41. The van der Waals surface area contributed by atoms with Gasteiger partial charge in [-0.3, -0.25) is 0 Å². The van der Waals surface area contributed by atoms with E-state index < -0.39 is 10.0 Å². The quantitative estimate of drug-likeness (QED) is 0.711. The molecule has 29 heavy (non-hydrogen) atoms. The van der Waals surface area contributed by atoms with E-state index in [1.165, 1.54) is 11.8 Å². The lowest BCUT2D eigenvalue weighted by Gasteiger charge is -2.31. The van der Waals surface area contributed by atoms with E-state index in [2.05, 4.69) is 22.1 Å². The van der Waals surface area contributed by atoms with Gasteiger partial charge in [0.25, 0.3) is 0 Å². The zero-order valence-electron chi connectivity index (χ0n) is 16.4. The van der Waals surface area contributed by atoms with E-state index in [1.54, 1.807) is 17.6 Å². The van der Waals surface area contributed by atoms with Gasteiger partial charge in [0, 0.05) is 34.9 Å². The Kier molecular flexibility index (Phi) is 4.26. The maximum Gasteiger partial charge on any atom is 0.212 e. The van der Waals surface area contributed by atoms with Crippen LogP contribution in [0.1, 0.15) is 25.0 Å². The summed E-state index contributed by atoms with van der Waals surface area (Å²) in [5, 5.41) is 1.03. The van der Waals surface area contributed by atoms with Gasteiger partial charge in [-0.2, -0.15) is 4.31 Å². The van der Waals surface area contributed by atoms with Crippen molar-refractivity contribution < 1.29 is 13.2 Å². The number of benzene rings is 1. The molecule has 2 atom stereocenters. The van der Waals surface area contributed by atoms with Crippen LogP contribution in [0.3, 0.4) is 0 Å². The van der Waals surface area contributed by atoms with Gasteiger partial charge in [0.05, 0.1) is 13.4 Å². The molecule has 5 rings (SSSR count). The van der Waals surface area contributed by atoms with Gasteiger partial charge in [-0.05, 0) is 48.6 Å². The average molecular weight is 410 g/mol. The minimum atomic E-state index is -3.19. The van der Waals surface area contributed by atoms with E-state index in [9.17, 15) is 8.42 Å². The molecule has 2 unspecified atom stereocenters. The monoisotopic (exact) mass is 409 g/mol. The third-order valence-corrected chi connectivity index (χ3v) is 7.32. The molecule has 1 fully saturated rings. The van der Waals surface area contributed by atoms with Crippen LogP contribution >= 0.6 is 0 Å². The Morgan fingerprint density at radius 2 is 2.00 bits per heavy atom. The molecule has 2 aliphatic rings. The Hall–Kier alpha value is -2.64. The Morgan fingerprint density at radius 3 is 2.76 bits per heavy atom. The van der Waals surface area contributed by atoms with Gasteiger partial charge in [0.15, 0.2) is 0 Å². The SMILES string of the molecule is COc1ccccc1-c1ccnc2[nH]c(C3=CC4CCC(C3)N4S(C)(=O)=O)cc12. The van der Waals surface area contributed by atoms with E-state index in [1.807, 2.05) is 30.3 Å². The normalized spacial score (nSPS) is 22.1. The molecule has 0 aliphatic carbocycles. The molecule has 0 spiro atoms. The lowest BCUT2D eigenvalue weighted by molar-refractivity contribution is 0.348. The summed E-state index contributed by atoms with van der Waals surface area (Å²) in [6.07, 6.45) is 7.73. The average Bonchev–Trinajstić information content (AvgIpc) is 3.26. The van der Waals surface area contributed by atoms with Crippen LogP contribution in [0.5, 0.6) is 5.75 Å². The summed E-state index contributed by atoms with van der Waals surface area (Å²) in [4.78, 5) is 7.96. The van der Waals surface area contributed by atoms with Crippen LogP contribution in [0.25, 0.3) is 27.7 Å². The standard InChI is InChI=1S/C22H23N3O3S/c1-28-21-6-4-3-5-18(21)17-9-10-23-22-19(17)13-20(24-22)14-11-15-7-8-16(12-14)25(15)29(2,26)27/h3-6,9-11,13,15-16H,7-8,12H2,1-2H3,(H,23,24). The van der Waals surface area contributed by atoms with Crippen molar-refractivity contribution in [3.8, 4) is 16.9 Å². The van der Waals surface area contributed by atoms with Crippen LogP contribution in [0, 0.1) is 0 Å². The van der Waals surface area contributed by atoms with E-state index in [-0.39, 0.29) is 12.1 Å². The van der Waals surface area contributed by atoms with Crippen LogP contribution in [-0.2, 0) is 10.0 Å². The van der Waals surface area contributed by atoms with Gasteiger partial charge >= 0.3 is 0 Å². The number of para-hydroxylation sites is 1. The first-order chi connectivity index (χ1) is 14.0. The topological polar surface area (TPSA) is 75.3 Å². The van der Waals surface area contributed by atoms with Crippen LogP contribution < -0.4 is 4.74 Å². The van der Waals surface area contributed by atoms with Crippen molar-refractivity contribution in [3.63, 3.8) is 0 Å². The molecular formula is C22H23N3O3S. The fraction of sp³-hybridized carbons (Fsp3) is 0.318. The molecule has 2 bridgehead atoms. The molecule has 7 heteroatoms. The summed E-state index contributed by atoms with van der Waals surface area (Å²) in [7, 11) is -1.51. The van der Waals surface area contributed by atoms with Gasteiger partial charge < -0.3 is 9.72 Å². The largest absolute Gasteiger partial charge is 0.496 e. The molecular weight excluding hydrogens is 386 g/mol. The van der Waals surface area contributed by atoms with Crippen molar-refractivity contribution in [1.29, 1.82) is 0 Å². The Balaban J connectivity index is 1.59. The third kappa shape index (κ3) is 3.05. The summed E-state index contributed by atoms with van der Waals surface area (Å²) in [6, 6.07) is 12.1. The Labute approximate surface area is 170 Å². The molecule has 2 aromatic heterocycles. The van der Waals surface area contributed by atoms with Gasteiger partial charge in [0.2, 0.25) is 10.0 Å². The third-order valence-electron chi connectivity index (χ3n) is 5.99. The van der Waals surface area contributed by atoms with Crippen molar-refractivity contribution in [2.75, 3.05) is 13.4 Å². The molecule has 4 heterocycles. The van der Waals surface area contributed by atoms with Crippen LogP contribution in [0.15, 0.2) is 48.7 Å². The van der Waals surface area contributed by atoms with E-state index >= 15 is 0 Å². The number of nitrogens with one attached hydrogen (secondary N) is 1.